The molecule has 0 saturated heterocycles. The van der Waals surface area contributed by atoms with Gasteiger partial charge in [0.15, 0.2) is 0 Å². The van der Waals surface area contributed by atoms with E-state index >= 15 is 0 Å². The van der Waals surface area contributed by atoms with Gasteiger partial charge in [-0.3, -0.25) is 4.90 Å². The van der Waals surface area contributed by atoms with Gasteiger partial charge in [-0.15, -0.1) is 0 Å². The Kier molecular flexibility index (Phi) is 3.81. The maximum absolute atomic E-state index is 13.5. The van der Waals surface area contributed by atoms with E-state index in [0.717, 1.165) is 43.4 Å². The van der Waals surface area contributed by atoms with Crippen LogP contribution >= 0.6 is 11.6 Å². The summed E-state index contributed by atoms with van der Waals surface area (Å²) in [6.07, 6.45) is 6.46. The van der Waals surface area contributed by atoms with Crippen molar-refractivity contribution in [2.24, 2.45) is 0 Å². The molecule has 2 heterocycles. The quantitative estimate of drug-likeness (QED) is 0.885. The Labute approximate surface area is 123 Å². The molecule has 0 atom stereocenters. The maximum Gasteiger partial charge on any atom is 0.143 e. The lowest BCUT2D eigenvalue weighted by atomic mass is 10.0. The van der Waals surface area contributed by atoms with Crippen LogP contribution in [0.25, 0.3) is 16.5 Å². The van der Waals surface area contributed by atoms with Crippen molar-refractivity contribution in [2.75, 3.05) is 19.6 Å². The van der Waals surface area contributed by atoms with Crippen molar-refractivity contribution in [1.82, 2.24) is 9.88 Å². The molecule has 0 unspecified atom stereocenters. The topological polar surface area (TPSA) is 19.0 Å². The Bertz CT molecular complexity index is 660. The number of hydrogen-bond acceptors (Lipinski definition) is 1. The second kappa shape index (κ2) is 5.58. The molecule has 0 saturated carbocycles. The van der Waals surface area contributed by atoms with Crippen molar-refractivity contribution in [3.05, 3.63) is 40.8 Å². The number of halogens is 2. The molecular weight excluding hydrogens is 275 g/mol. The van der Waals surface area contributed by atoms with Gasteiger partial charge in [0.25, 0.3) is 0 Å². The van der Waals surface area contributed by atoms with Gasteiger partial charge in [0.1, 0.15) is 10.8 Å². The lowest BCUT2D eigenvalue weighted by Gasteiger charge is -2.26. The van der Waals surface area contributed by atoms with Crippen LogP contribution in [0.3, 0.4) is 0 Å². The molecule has 0 amide bonds. The van der Waals surface area contributed by atoms with Crippen molar-refractivity contribution in [2.45, 2.75) is 19.8 Å². The summed E-state index contributed by atoms with van der Waals surface area (Å²) >= 11 is 6.02. The summed E-state index contributed by atoms with van der Waals surface area (Å²) in [6, 6.07) is 3.25. The number of nitrogens with zero attached hydrogens (tertiary/aromatic N) is 1. The summed E-state index contributed by atoms with van der Waals surface area (Å²) in [7, 11) is 0. The smallest absolute Gasteiger partial charge is 0.143 e. The Hall–Kier alpha value is -1.32. The van der Waals surface area contributed by atoms with Gasteiger partial charge >= 0.3 is 0 Å². The molecule has 0 fully saturated rings. The zero-order valence-electron chi connectivity index (χ0n) is 11.5. The molecular formula is C16H18ClFN2. The van der Waals surface area contributed by atoms with E-state index in [1.807, 2.05) is 12.3 Å². The standard InChI is InChI=1S/C16H18ClFN2/c1-2-7-20-8-3-4-11(10-20)13-9-19-16-12(13)5-6-14(18)15(16)17/h4-6,9,19H,2-3,7-8,10H2,1H3. The van der Waals surface area contributed by atoms with E-state index in [2.05, 4.69) is 22.9 Å². The van der Waals surface area contributed by atoms with Crippen LogP contribution in [0.2, 0.25) is 5.02 Å². The average Bonchev–Trinajstić information content (AvgIpc) is 2.88. The number of nitrogens with one attached hydrogen (secondary N) is 1. The Morgan fingerprint density at radius 2 is 2.25 bits per heavy atom. The molecule has 0 radical (unpaired) electrons. The van der Waals surface area contributed by atoms with Crippen LogP contribution < -0.4 is 0 Å². The molecule has 20 heavy (non-hydrogen) atoms. The van der Waals surface area contributed by atoms with E-state index in [9.17, 15) is 4.39 Å². The molecule has 1 aliphatic rings. The number of fused-ring (bicyclic) bond motifs is 1. The molecule has 3 rings (SSSR count). The summed E-state index contributed by atoms with van der Waals surface area (Å²) in [4.78, 5) is 5.57. The van der Waals surface area contributed by atoms with Crippen molar-refractivity contribution in [1.29, 1.82) is 0 Å². The lowest BCUT2D eigenvalue weighted by Crippen LogP contribution is -2.30. The fraction of sp³-hybridized carbons (Fsp3) is 0.375. The Morgan fingerprint density at radius 3 is 3.05 bits per heavy atom. The summed E-state index contributed by atoms with van der Waals surface area (Å²) in [5.74, 6) is -0.377. The highest BCUT2D eigenvalue weighted by Crippen LogP contribution is 2.32. The number of aromatic amines is 1. The summed E-state index contributed by atoms with van der Waals surface area (Å²) < 4.78 is 13.5. The number of benzene rings is 1. The van der Waals surface area contributed by atoms with Gasteiger partial charge in [-0.25, -0.2) is 4.39 Å². The summed E-state index contributed by atoms with van der Waals surface area (Å²) in [5, 5.41) is 1.18. The average molecular weight is 293 g/mol. The first-order valence-electron chi connectivity index (χ1n) is 7.07. The van der Waals surface area contributed by atoms with Crippen LogP contribution in [-0.4, -0.2) is 29.5 Å². The largest absolute Gasteiger partial charge is 0.359 e. The predicted octanol–water partition coefficient (Wildman–Crippen LogP) is 4.46. The first kappa shape index (κ1) is 13.7. The lowest BCUT2D eigenvalue weighted by molar-refractivity contribution is 0.305. The van der Waals surface area contributed by atoms with Gasteiger partial charge in [-0.05, 0) is 37.1 Å². The van der Waals surface area contributed by atoms with Crippen LogP contribution in [-0.2, 0) is 0 Å². The van der Waals surface area contributed by atoms with Crippen LogP contribution in [0.4, 0.5) is 4.39 Å². The third-order valence-electron chi connectivity index (χ3n) is 3.86. The number of hydrogen-bond donors (Lipinski definition) is 1. The fourth-order valence-electron chi connectivity index (χ4n) is 2.91. The van der Waals surface area contributed by atoms with E-state index < -0.39 is 0 Å². The van der Waals surface area contributed by atoms with Crippen molar-refractivity contribution in [3.63, 3.8) is 0 Å². The Balaban J connectivity index is 1.99. The third kappa shape index (κ3) is 2.36. The number of aromatic nitrogens is 1. The minimum absolute atomic E-state index is 0.176. The van der Waals surface area contributed by atoms with Gasteiger partial charge < -0.3 is 4.98 Å². The first-order valence-corrected chi connectivity index (χ1v) is 7.45. The molecule has 4 heteroatoms. The molecule has 2 aromatic rings. The normalized spacial score (nSPS) is 16.6. The van der Waals surface area contributed by atoms with E-state index in [0.29, 0.717) is 5.52 Å². The maximum atomic E-state index is 13.5. The van der Waals surface area contributed by atoms with Crippen LogP contribution in [0.1, 0.15) is 25.3 Å². The van der Waals surface area contributed by atoms with Crippen molar-refractivity contribution < 1.29 is 4.39 Å². The third-order valence-corrected chi connectivity index (χ3v) is 4.23. The fourth-order valence-corrected chi connectivity index (χ4v) is 3.13. The summed E-state index contributed by atoms with van der Waals surface area (Å²) in [5.41, 5.74) is 3.14. The zero-order chi connectivity index (χ0) is 14.1. The zero-order valence-corrected chi connectivity index (χ0v) is 12.3. The van der Waals surface area contributed by atoms with Gasteiger partial charge in [-0.1, -0.05) is 24.6 Å². The van der Waals surface area contributed by atoms with Gasteiger partial charge in [0.2, 0.25) is 0 Å². The highest BCUT2D eigenvalue weighted by molar-refractivity contribution is 6.35. The van der Waals surface area contributed by atoms with E-state index in [-0.39, 0.29) is 10.8 Å². The van der Waals surface area contributed by atoms with E-state index in [1.165, 1.54) is 11.6 Å². The highest BCUT2D eigenvalue weighted by atomic mass is 35.5. The molecule has 0 aliphatic carbocycles. The molecule has 106 valence electrons. The van der Waals surface area contributed by atoms with Gasteiger partial charge in [-0.2, -0.15) is 0 Å². The molecule has 0 bridgehead atoms. The van der Waals surface area contributed by atoms with E-state index in [4.69, 9.17) is 11.6 Å². The summed E-state index contributed by atoms with van der Waals surface area (Å²) in [6.45, 7) is 5.40. The number of H-pyrrole nitrogens is 1. The Morgan fingerprint density at radius 1 is 1.40 bits per heavy atom. The van der Waals surface area contributed by atoms with Crippen LogP contribution in [0.5, 0.6) is 0 Å². The minimum Gasteiger partial charge on any atom is -0.359 e. The number of rotatable bonds is 3. The minimum atomic E-state index is -0.377. The molecule has 0 spiro atoms. The van der Waals surface area contributed by atoms with Crippen LogP contribution in [0, 0.1) is 5.82 Å². The first-order chi connectivity index (χ1) is 9.70. The predicted molar refractivity (Wildman–Crippen MR) is 82.6 cm³/mol. The molecule has 1 aromatic heterocycles. The second-order valence-electron chi connectivity index (χ2n) is 5.28. The monoisotopic (exact) mass is 292 g/mol. The molecule has 1 aliphatic heterocycles. The van der Waals surface area contributed by atoms with E-state index in [1.54, 1.807) is 0 Å². The molecule has 2 nitrogen and oxygen atoms in total. The highest BCUT2D eigenvalue weighted by Gasteiger charge is 2.17. The molecule has 1 N–H and O–H groups in total. The van der Waals surface area contributed by atoms with Crippen molar-refractivity contribution >= 4 is 28.1 Å². The van der Waals surface area contributed by atoms with Gasteiger partial charge in [0, 0.05) is 30.2 Å². The van der Waals surface area contributed by atoms with Gasteiger partial charge in [0.05, 0.1) is 5.52 Å². The SMILES string of the molecule is CCCN1CCC=C(c2c[nH]c3c(Cl)c(F)ccc23)C1. The second-order valence-corrected chi connectivity index (χ2v) is 5.66. The van der Waals surface area contributed by atoms with Crippen LogP contribution in [0.15, 0.2) is 24.4 Å². The van der Waals surface area contributed by atoms with Crippen molar-refractivity contribution in [3.8, 4) is 0 Å². The molecule has 1 aromatic carbocycles.